The van der Waals surface area contributed by atoms with Crippen LogP contribution >= 0.6 is 0 Å². The van der Waals surface area contributed by atoms with Crippen molar-refractivity contribution in [1.29, 1.82) is 0 Å². The van der Waals surface area contributed by atoms with Gasteiger partial charge in [0.1, 0.15) is 5.82 Å². The van der Waals surface area contributed by atoms with E-state index < -0.39 is 0 Å². The average molecular weight is 262 g/mol. The van der Waals surface area contributed by atoms with Crippen molar-refractivity contribution in [3.8, 4) is 0 Å². The lowest BCUT2D eigenvalue weighted by molar-refractivity contribution is 0.286. The smallest absolute Gasteiger partial charge is 0.127 e. The van der Waals surface area contributed by atoms with E-state index >= 15 is 0 Å². The van der Waals surface area contributed by atoms with Crippen LogP contribution in [0.1, 0.15) is 31.4 Å². The Kier molecular flexibility index (Phi) is 5.11. The van der Waals surface area contributed by atoms with E-state index in [1.165, 1.54) is 0 Å². The van der Waals surface area contributed by atoms with Crippen LogP contribution < -0.4 is 5.32 Å². The predicted molar refractivity (Wildman–Crippen MR) is 77.4 cm³/mol. The van der Waals surface area contributed by atoms with Gasteiger partial charge in [-0.3, -0.25) is 4.90 Å². The zero-order valence-corrected chi connectivity index (χ0v) is 11.8. The van der Waals surface area contributed by atoms with Crippen LogP contribution in [-0.2, 0) is 13.1 Å². The van der Waals surface area contributed by atoms with Crippen LogP contribution in [0.2, 0.25) is 0 Å². The zero-order valence-electron chi connectivity index (χ0n) is 11.8. The summed E-state index contributed by atoms with van der Waals surface area (Å²) in [4.78, 5) is 2.28. The van der Waals surface area contributed by atoms with Crippen molar-refractivity contribution in [1.82, 2.24) is 10.2 Å². The molecule has 1 aliphatic rings. The van der Waals surface area contributed by atoms with E-state index in [-0.39, 0.29) is 5.82 Å². The SMILES string of the molecule is CC(C)NCc1ccc(F)c(CN2CC=CCC2)c1. The number of benzene rings is 1. The fourth-order valence-corrected chi connectivity index (χ4v) is 2.26. The number of nitrogens with one attached hydrogen (secondary N) is 1. The van der Waals surface area contributed by atoms with Crippen molar-refractivity contribution in [2.45, 2.75) is 39.4 Å². The van der Waals surface area contributed by atoms with Crippen molar-refractivity contribution >= 4 is 0 Å². The third-order valence-electron chi connectivity index (χ3n) is 3.36. The predicted octanol–water partition coefficient (Wildman–Crippen LogP) is 3.09. The molecule has 0 amide bonds. The summed E-state index contributed by atoms with van der Waals surface area (Å²) >= 11 is 0. The molecule has 0 atom stereocenters. The zero-order chi connectivity index (χ0) is 13.7. The lowest BCUT2D eigenvalue weighted by Gasteiger charge is -2.23. The van der Waals surface area contributed by atoms with Gasteiger partial charge in [-0.15, -0.1) is 0 Å². The lowest BCUT2D eigenvalue weighted by atomic mass is 10.1. The van der Waals surface area contributed by atoms with Gasteiger partial charge in [-0.1, -0.05) is 38.1 Å². The Balaban J connectivity index is 2.01. The van der Waals surface area contributed by atoms with E-state index in [0.717, 1.165) is 37.2 Å². The van der Waals surface area contributed by atoms with Crippen LogP contribution in [0, 0.1) is 5.82 Å². The molecule has 2 rings (SSSR count). The van der Waals surface area contributed by atoms with Gasteiger partial charge in [-0.05, 0) is 18.1 Å². The summed E-state index contributed by atoms with van der Waals surface area (Å²) in [6.07, 6.45) is 5.41. The van der Waals surface area contributed by atoms with E-state index in [1.54, 1.807) is 6.07 Å². The quantitative estimate of drug-likeness (QED) is 0.820. The Bertz CT molecular complexity index is 440. The van der Waals surface area contributed by atoms with Crippen LogP contribution in [-0.4, -0.2) is 24.0 Å². The first kappa shape index (κ1) is 14.2. The largest absolute Gasteiger partial charge is 0.310 e. The van der Waals surface area contributed by atoms with E-state index in [0.29, 0.717) is 12.6 Å². The summed E-state index contributed by atoms with van der Waals surface area (Å²) in [5.41, 5.74) is 1.95. The molecular formula is C16H23FN2. The van der Waals surface area contributed by atoms with Crippen molar-refractivity contribution in [2.24, 2.45) is 0 Å². The maximum absolute atomic E-state index is 13.9. The van der Waals surface area contributed by atoms with Gasteiger partial charge in [0.25, 0.3) is 0 Å². The summed E-state index contributed by atoms with van der Waals surface area (Å²) in [6.45, 7) is 7.67. The van der Waals surface area contributed by atoms with Gasteiger partial charge in [0.05, 0.1) is 0 Å². The molecular weight excluding hydrogens is 239 g/mol. The monoisotopic (exact) mass is 262 g/mol. The number of hydrogen-bond donors (Lipinski definition) is 1. The number of rotatable bonds is 5. The molecule has 0 radical (unpaired) electrons. The van der Waals surface area contributed by atoms with Gasteiger partial charge in [0.2, 0.25) is 0 Å². The minimum Gasteiger partial charge on any atom is -0.310 e. The molecule has 0 aliphatic carbocycles. The van der Waals surface area contributed by atoms with Crippen LogP contribution in [0.15, 0.2) is 30.4 Å². The molecule has 1 N–H and O–H groups in total. The summed E-state index contributed by atoms with van der Waals surface area (Å²) in [6, 6.07) is 5.89. The standard InChI is InChI=1S/C16H23FN2/c1-13(2)18-11-14-6-7-16(17)15(10-14)12-19-8-4-3-5-9-19/h3-4,6-7,10,13,18H,5,8-9,11-12H2,1-2H3. The second-order valence-electron chi connectivity index (χ2n) is 5.46. The molecule has 0 unspecified atom stereocenters. The molecule has 0 saturated carbocycles. The summed E-state index contributed by atoms with van der Waals surface area (Å²) in [5.74, 6) is -0.0946. The first-order chi connectivity index (χ1) is 9.15. The molecule has 104 valence electrons. The second kappa shape index (κ2) is 6.83. The number of halogens is 1. The molecule has 1 aliphatic heterocycles. The summed E-state index contributed by atoms with van der Waals surface area (Å²) in [7, 11) is 0. The van der Waals surface area contributed by atoms with Crippen LogP contribution in [0.3, 0.4) is 0 Å². The topological polar surface area (TPSA) is 15.3 Å². The maximum atomic E-state index is 13.9. The van der Waals surface area contributed by atoms with Crippen molar-refractivity contribution in [3.05, 3.63) is 47.3 Å². The van der Waals surface area contributed by atoms with Crippen molar-refractivity contribution < 1.29 is 4.39 Å². The Morgan fingerprint density at radius 1 is 1.32 bits per heavy atom. The molecule has 3 heteroatoms. The Hall–Kier alpha value is -1.19. The first-order valence-corrected chi connectivity index (χ1v) is 7.03. The minimum absolute atomic E-state index is 0.0946. The van der Waals surface area contributed by atoms with Crippen molar-refractivity contribution in [3.63, 3.8) is 0 Å². The van der Waals surface area contributed by atoms with Gasteiger partial charge in [-0.25, -0.2) is 4.39 Å². The van der Waals surface area contributed by atoms with Crippen LogP contribution in [0.25, 0.3) is 0 Å². The molecule has 0 fully saturated rings. The maximum Gasteiger partial charge on any atom is 0.127 e. The Morgan fingerprint density at radius 3 is 2.84 bits per heavy atom. The number of hydrogen-bond acceptors (Lipinski definition) is 2. The average Bonchev–Trinajstić information content (AvgIpc) is 2.41. The molecule has 0 bridgehead atoms. The van der Waals surface area contributed by atoms with Gasteiger partial charge in [-0.2, -0.15) is 0 Å². The fraction of sp³-hybridized carbons (Fsp3) is 0.500. The molecule has 2 nitrogen and oxygen atoms in total. The molecule has 1 heterocycles. The summed E-state index contributed by atoms with van der Waals surface area (Å²) < 4.78 is 13.9. The van der Waals surface area contributed by atoms with E-state index in [2.05, 4.69) is 36.2 Å². The van der Waals surface area contributed by atoms with E-state index in [1.807, 2.05) is 12.1 Å². The molecule has 0 spiro atoms. The Labute approximate surface area is 115 Å². The second-order valence-corrected chi connectivity index (χ2v) is 5.46. The Morgan fingerprint density at radius 2 is 2.16 bits per heavy atom. The van der Waals surface area contributed by atoms with E-state index in [9.17, 15) is 4.39 Å². The minimum atomic E-state index is -0.0946. The highest BCUT2D eigenvalue weighted by Crippen LogP contribution is 2.15. The normalized spacial score (nSPS) is 16.2. The summed E-state index contributed by atoms with van der Waals surface area (Å²) in [5, 5.41) is 3.36. The number of nitrogens with zero attached hydrogens (tertiary/aromatic N) is 1. The molecule has 1 aromatic rings. The van der Waals surface area contributed by atoms with Gasteiger partial charge >= 0.3 is 0 Å². The highest BCUT2D eigenvalue weighted by atomic mass is 19.1. The molecule has 0 aromatic heterocycles. The molecule has 0 saturated heterocycles. The van der Waals surface area contributed by atoms with Crippen LogP contribution in [0.5, 0.6) is 0 Å². The lowest BCUT2D eigenvalue weighted by Crippen LogP contribution is -2.27. The van der Waals surface area contributed by atoms with Crippen molar-refractivity contribution in [2.75, 3.05) is 13.1 Å². The molecule has 19 heavy (non-hydrogen) atoms. The van der Waals surface area contributed by atoms with Gasteiger partial charge in [0, 0.05) is 37.8 Å². The first-order valence-electron chi connectivity index (χ1n) is 7.03. The van der Waals surface area contributed by atoms with Gasteiger partial charge in [0.15, 0.2) is 0 Å². The third-order valence-corrected chi connectivity index (χ3v) is 3.36. The van der Waals surface area contributed by atoms with E-state index in [4.69, 9.17) is 0 Å². The highest BCUT2D eigenvalue weighted by Gasteiger charge is 2.10. The van der Waals surface area contributed by atoms with Crippen LogP contribution in [0.4, 0.5) is 4.39 Å². The third kappa shape index (κ3) is 4.44. The highest BCUT2D eigenvalue weighted by molar-refractivity contribution is 5.25. The van der Waals surface area contributed by atoms with Gasteiger partial charge < -0.3 is 5.32 Å². The fourth-order valence-electron chi connectivity index (χ4n) is 2.26. The molecule has 1 aromatic carbocycles.